The van der Waals surface area contributed by atoms with Crippen molar-refractivity contribution >= 4 is 76.7 Å². The first-order valence-corrected chi connectivity index (χ1v) is 35.7. The van der Waals surface area contributed by atoms with Crippen LogP contribution in [-0.4, -0.2) is 286 Å². The van der Waals surface area contributed by atoms with Crippen molar-refractivity contribution in [3.8, 4) is 0 Å². The summed E-state index contributed by atoms with van der Waals surface area (Å²) in [7, 11) is 10.2. The van der Waals surface area contributed by atoms with Crippen molar-refractivity contribution in [3.63, 3.8) is 0 Å². The highest BCUT2D eigenvalue weighted by Gasteiger charge is 2.49. The molecule has 95 heavy (non-hydrogen) atoms. The molecule has 0 aliphatic carbocycles. The number of hydrogen-bond donors (Lipinski definition) is 4. The summed E-state index contributed by atoms with van der Waals surface area (Å²) in [4.78, 5) is 177. The first-order chi connectivity index (χ1) is 44.3. The van der Waals surface area contributed by atoms with Gasteiger partial charge in [-0.05, 0) is 120 Å². The number of likely N-dealkylation sites (N-methyl/N-ethyl adjacent to an activating group) is 7. The Balaban J connectivity index is 2.36. The lowest BCUT2D eigenvalue weighted by molar-refractivity contribution is -0.157. The third-order valence-corrected chi connectivity index (χ3v) is 20.3. The van der Waals surface area contributed by atoms with Crippen molar-refractivity contribution in [1.82, 2.24) is 60.0 Å². The zero-order valence-electron chi connectivity index (χ0n) is 61.8. The van der Waals surface area contributed by atoms with E-state index in [9.17, 15) is 29.1 Å². The Morgan fingerprint density at radius 1 is 0.547 bits per heavy atom. The highest BCUT2D eigenvalue weighted by atomic mass is 32.2. The number of morpholine rings is 1. The van der Waals surface area contributed by atoms with Crippen molar-refractivity contribution in [2.75, 3.05) is 93.7 Å². The molecule has 0 aromatic carbocycles. The second-order valence-corrected chi connectivity index (χ2v) is 30.0. The number of amides is 11. The molecule has 2 bridgehead atoms. The molecule has 0 aromatic heterocycles. The van der Waals surface area contributed by atoms with Crippen molar-refractivity contribution in [2.24, 2.45) is 35.5 Å². The molecule has 542 valence electrons. The second kappa shape index (κ2) is 38.3. The van der Waals surface area contributed by atoms with Crippen LogP contribution in [-0.2, 0) is 57.5 Å². The van der Waals surface area contributed by atoms with E-state index in [0.29, 0.717) is 25.4 Å². The van der Waals surface area contributed by atoms with Crippen LogP contribution in [0, 0.1) is 35.5 Å². The van der Waals surface area contributed by atoms with Gasteiger partial charge >= 0.3 is 0 Å². The summed E-state index contributed by atoms with van der Waals surface area (Å²) in [5.41, 5.74) is 0. The second-order valence-electron chi connectivity index (χ2n) is 28.8. The van der Waals surface area contributed by atoms with Gasteiger partial charge < -0.3 is 65.0 Å². The minimum absolute atomic E-state index is 0.0121. The largest absolute Gasteiger partial charge is 0.390 e. The summed E-state index contributed by atoms with van der Waals surface area (Å²) in [5, 5.41) is 20.9. The molecule has 11 amide bonds. The van der Waals surface area contributed by atoms with Crippen LogP contribution in [0.25, 0.3) is 0 Å². The van der Waals surface area contributed by atoms with E-state index in [1.165, 1.54) is 109 Å². The van der Waals surface area contributed by atoms with E-state index >= 15 is 28.8 Å². The Kier molecular flexibility index (Phi) is 33.6. The first-order valence-electron chi connectivity index (χ1n) is 34.6. The van der Waals surface area contributed by atoms with Gasteiger partial charge in [0, 0.05) is 74.2 Å². The molecule has 3 aliphatic heterocycles. The van der Waals surface area contributed by atoms with E-state index in [1.807, 2.05) is 54.5 Å². The molecule has 0 saturated carbocycles. The Hall–Kier alpha value is -5.86. The molecule has 14 atom stereocenters. The van der Waals surface area contributed by atoms with Crippen LogP contribution in [0.1, 0.15) is 156 Å². The molecule has 26 heteroatoms. The van der Waals surface area contributed by atoms with E-state index in [2.05, 4.69) is 20.9 Å². The number of rotatable bonds is 19. The molecule has 1 unspecified atom stereocenters. The van der Waals surface area contributed by atoms with Gasteiger partial charge in [0.2, 0.25) is 65.0 Å². The maximum atomic E-state index is 15.4. The third kappa shape index (κ3) is 22.1. The number of nitrogens with zero attached hydrogens (tertiary/aromatic N) is 9. The zero-order chi connectivity index (χ0) is 72.4. The number of carbonyl (C=O) groups excluding carboxylic acids is 11. The van der Waals surface area contributed by atoms with Gasteiger partial charge in [-0.25, -0.2) is 0 Å². The number of thioether (sulfide) groups is 1. The number of allylic oxidation sites excluding steroid dienone is 2. The molecule has 3 aliphatic rings. The van der Waals surface area contributed by atoms with E-state index in [1.54, 1.807) is 54.5 Å². The Bertz CT molecular complexity index is 2640. The molecule has 4 N–H and O–H groups in total. The average molecular weight is 1360 g/mol. The lowest BCUT2D eigenvalue weighted by Gasteiger charge is -2.41. The minimum Gasteiger partial charge on any atom is -0.390 e. The lowest BCUT2D eigenvalue weighted by atomic mass is 9.91. The number of carbonyl (C=O) groups is 11. The molecular weight excluding hydrogens is 1240 g/mol. The van der Waals surface area contributed by atoms with Crippen LogP contribution in [0.3, 0.4) is 0 Å². The molecule has 0 aromatic rings. The van der Waals surface area contributed by atoms with Gasteiger partial charge in [0.15, 0.2) is 0 Å². The van der Waals surface area contributed by atoms with E-state index in [-0.39, 0.29) is 55.6 Å². The van der Waals surface area contributed by atoms with Gasteiger partial charge in [0.25, 0.3) is 0 Å². The number of fused-ring (bicyclic) bond motifs is 2. The highest BCUT2D eigenvalue weighted by molar-refractivity contribution is 7.99. The Morgan fingerprint density at radius 3 is 1.56 bits per heavy atom. The molecule has 3 saturated heterocycles. The molecule has 0 spiro atoms. The predicted octanol–water partition coefficient (Wildman–Crippen LogP) is 3.55. The quantitative estimate of drug-likeness (QED) is 0.106. The fourth-order valence-corrected chi connectivity index (χ4v) is 14.2. The van der Waals surface area contributed by atoms with Gasteiger partial charge in [-0.3, -0.25) is 57.6 Å². The Morgan fingerprint density at radius 2 is 1.04 bits per heavy atom. The molecule has 3 heterocycles. The number of ether oxygens (including phenoxy) is 1. The van der Waals surface area contributed by atoms with Gasteiger partial charge in [0.1, 0.15) is 66.5 Å². The summed E-state index contributed by atoms with van der Waals surface area (Å²) in [6, 6.07) is -14.0. The van der Waals surface area contributed by atoms with Crippen molar-refractivity contribution in [2.45, 2.75) is 234 Å². The number of aliphatic hydroxyl groups is 1. The van der Waals surface area contributed by atoms with Gasteiger partial charge in [0.05, 0.1) is 19.3 Å². The molecule has 3 fully saturated rings. The maximum absolute atomic E-state index is 15.4. The standard InChI is InChI=1S/C69H122N12O13S/c1-24-26-28-45(13)58(82)57-61(85)71-49(25-2)63(87)77(21)54(39-95-34-27-29-80-30-32-94-33-31-80)66(90)73(17)50(35-40(3)4)60(84)72-55(43(9)10)68(92)76(20)53-38-46(14)81(67(53)91)48(16)59(83)70-47(15)62(86)74(18)51(36-41(5)6)64(88)75(19)52(37-42(7)8)65(89)78(22)56(44(11)12)69(93)79(57)23/h24,26,40-58,82H,25,27-39H2,1-23H3,(H,70,83)(H,71,85)(H,72,84)/b26-24+/t45-,46?,47-,48+,49+,50+,51+,52+,53+,54-,55+,56+,57+,58-/m1/s1. The molecular formula is C69H122N12O13S. The maximum Gasteiger partial charge on any atom is 0.246 e. The van der Waals surface area contributed by atoms with Crippen LogP contribution in [0.15, 0.2) is 12.2 Å². The number of aliphatic hydroxyl groups excluding tert-OH is 1. The van der Waals surface area contributed by atoms with Crippen molar-refractivity contribution < 1.29 is 62.6 Å². The summed E-state index contributed by atoms with van der Waals surface area (Å²) in [6.07, 6.45) is 3.77. The van der Waals surface area contributed by atoms with Gasteiger partial charge in [-0.2, -0.15) is 11.8 Å². The summed E-state index contributed by atoms with van der Waals surface area (Å²) in [6.45, 7) is 31.9. The van der Waals surface area contributed by atoms with Crippen LogP contribution < -0.4 is 16.0 Å². The van der Waals surface area contributed by atoms with E-state index in [4.69, 9.17) is 4.74 Å². The van der Waals surface area contributed by atoms with E-state index in [0.717, 1.165) is 31.0 Å². The highest BCUT2D eigenvalue weighted by Crippen LogP contribution is 2.29. The van der Waals surface area contributed by atoms with Gasteiger partial charge in [-0.15, -0.1) is 0 Å². The van der Waals surface area contributed by atoms with Crippen molar-refractivity contribution in [3.05, 3.63) is 12.2 Å². The smallest absolute Gasteiger partial charge is 0.246 e. The topological polar surface area (TPSA) is 282 Å². The zero-order valence-corrected chi connectivity index (χ0v) is 62.6. The monoisotopic (exact) mass is 1360 g/mol. The van der Waals surface area contributed by atoms with E-state index < -0.39 is 161 Å². The summed E-state index contributed by atoms with van der Waals surface area (Å²) < 4.78 is 5.54. The number of nitrogens with one attached hydrogen (secondary N) is 3. The van der Waals surface area contributed by atoms with Crippen LogP contribution in [0.5, 0.6) is 0 Å². The summed E-state index contributed by atoms with van der Waals surface area (Å²) >= 11 is 1.46. The Labute approximate surface area is 572 Å². The minimum atomic E-state index is -1.63. The normalized spacial score (nSPS) is 28.6. The van der Waals surface area contributed by atoms with Crippen molar-refractivity contribution in [1.29, 1.82) is 0 Å². The fraction of sp³-hybridized carbons (Fsp3) is 0.812. The molecule has 3 rings (SSSR count). The summed E-state index contributed by atoms with van der Waals surface area (Å²) in [5.74, 6) is -8.54. The first kappa shape index (κ1) is 83.4. The van der Waals surface area contributed by atoms with Crippen LogP contribution in [0.4, 0.5) is 0 Å². The van der Waals surface area contributed by atoms with Crippen LogP contribution >= 0.6 is 11.8 Å². The van der Waals surface area contributed by atoms with Crippen LogP contribution in [0.2, 0.25) is 0 Å². The number of hydrogen-bond acceptors (Lipinski definition) is 15. The predicted molar refractivity (Wildman–Crippen MR) is 370 cm³/mol. The van der Waals surface area contributed by atoms with Gasteiger partial charge in [-0.1, -0.05) is 95.2 Å². The SMILES string of the molecule is C/C=C/C[C@@H](C)[C@@H](O)[C@H]1C(=O)N[C@@H](CC)C(=O)N(C)[C@H](CSCCCN2CCOCC2)C(=O)N(C)[C@@H](CC(C)C)C(=O)N[C@@H](C(C)C)C(=O)N(C)[C@H]2CC(C)N(C2=O)[C@@H](C)C(=O)N[C@H](C)C(=O)N(C)[C@@H](CC(C)C)C(=O)N(C)[C@@H](CC(C)C)C(=O)N(C)[C@@H](C(C)C)C(=O)N1C. The molecule has 0 radical (unpaired) electrons. The average Bonchev–Trinajstić information content (AvgIpc) is 1.74. The molecule has 25 nitrogen and oxygen atoms in total. The third-order valence-electron chi connectivity index (χ3n) is 19.2. The lowest BCUT2D eigenvalue weighted by Crippen LogP contribution is -2.64. The fourth-order valence-electron chi connectivity index (χ4n) is 13.1.